The Morgan fingerprint density at radius 2 is 2.27 bits per heavy atom. The van der Waals surface area contributed by atoms with Gasteiger partial charge < -0.3 is 9.84 Å². The van der Waals surface area contributed by atoms with Gasteiger partial charge in [-0.25, -0.2) is 0 Å². The molecule has 4 heteroatoms. The van der Waals surface area contributed by atoms with E-state index in [0.29, 0.717) is 12.8 Å². The molecule has 1 N–H and O–H groups in total. The Morgan fingerprint density at radius 3 is 2.64 bits per heavy atom. The predicted octanol–water partition coefficient (Wildman–Crippen LogP) is 0.538. The molecule has 0 aromatic heterocycles. The summed E-state index contributed by atoms with van der Waals surface area (Å²) in [4.78, 5) is 11.0. The third-order valence-electron chi connectivity index (χ3n) is 2.03. The van der Waals surface area contributed by atoms with E-state index in [1.807, 2.05) is 0 Å². The summed E-state index contributed by atoms with van der Waals surface area (Å²) in [6.07, 6.45) is 0.663. The minimum atomic E-state index is -0.555. The monoisotopic (exact) mass is 178 g/mol. The predicted molar refractivity (Wildman–Crippen MR) is 40.4 cm³/mol. The van der Waals surface area contributed by atoms with E-state index in [0.717, 1.165) is 0 Å². The molecule has 0 aromatic rings. The van der Waals surface area contributed by atoms with E-state index in [2.05, 4.69) is 4.74 Å². The molecule has 1 aliphatic rings. The fourth-order valence-electron chi connectivity index (χ4n) is 1.34. The molecule has 1 saturated carbocycles. The molecule has 0 radical (unpaired) electrons. The normalized spacial score (nSPS) is 37.2. The Hall–Kier alpha value is -0.280. The standard InChI is InChI=1S/C7H11ClO3/c1-11-7(10)4-2-3-5(9)6(4)8/h4-6,9H,2-3H2,1H3/t4-,5+,6+/m0/s1. The second-order valence-corrected chi connectivity index (χ2v) is 3.22. The second kappa shape index (κ2) is 3.41. The Bertz CT molecular complexity index is 160. The van der Waals surface area contributed by atoms with Crippen LogP contribution in [0.4, 0.5) is 0 Å². The van der Waals surface area contributed by atoms with Crippen molar-refractivity contribution in [1.29, 1.82) is 0 Å². The molecule has 0 amide bonds. The van der Waals surface area contributed by atoms with Crippen molar-refractivity contribution in [3.63, 3.8) is 0 Å². The van der Waals surface area contributed by atoms with Crippen LogP contribution in [0, 0.1) is 5.92 Å². The van der Waals surface area contributed by atoms with Crippen molar-refractivity contribution in [1.82, 2.24) is 0 Å². The quantitative estimate of drug-likeness (QED) is 0.471. The summed E-state index contributed by atoms with van der Waals surface area (Å²) in [7, 11) is 1.33. The number of methoxy groups -OCH3 is 1. The Morgan fingerprint density at radius 1 is 1.64 bits per heavy atom. The smallest absolute Gasteiger partial charge is 0.310 e. The zero-order chi connectivity index (χ0) is 8.43. The van der Waals surface area contributed by atoms with Gasteiger partial charge in [-0.05, 0) is 12.8 Å². The number of carbonyl (C=O) groups is 1. The van der Waals surface area contributed by atoms with Gasteiger partial charge in [0.15, 0.2) is 0 Å². The molecule has 0 heterocycles. The van der Waals surface area contributed by atoms with Crippen LogP contribution >= 0.6 is 11.6 Å². The molecule has 11 heavy (non-hydrogen) atoms. The Kier molecular flexibility index (Phi) is 2.73. The van der Waals surface area contributed by atoms with Crippen LogP contribution in [0.5, 0.6) is 0 Å². The maximum absolute atomic E-state index is 11.0. The zero-order valence-corrected chi connectivity index (χ0v) is 7.04. The molecule has 0 saturated heterocycles. The number of aliphatic hydroxyl groups excluding tert-OH is 1. The Balaban J connectivity index is 2.54. The number of hydrogen-bond acceptors (Lipinski definition) is 3. The fraction of sp³-hybridized carbons (Fsp3) is 0.857. The van der Waals surface area contributed by atoms with Gasteiger partial charge in [0, 0.05) is 0 Å². The van der Waals surface area contributed by atoms with E-state index in [9.17, 15) is 9.90 Å². The van der Waals surface area contributed by atoms with E-state index in [-0.39, 0.29) is 11.9 Å². The first-order valence-corrected chi connectivity index (χ1v) is 4.00. The largest absolute Gasteiger partial charge is 0.469 e. The topological polar surface area (TPSA) is 46.5 Å². The summed E-state index contributed by atoms with van der Waals surface area (Å²) in [5.41, 5.74) is 0. The van der Waals surface area contributed by atoms with Crippen molar-refractivity contribution in [2.24, 2.45) is 5.92 Å². The number of rotatable bonds is 1. The highest BCUT2D eigenvalue weighted by Gasteiger charge is 2.38. The van der Waals surface area contributed by atoms with Gasteiger partial charge in [0.1, 0.15) is 0 Å². The summed E-state index contributed by atoms with van der Waals surface area (Å²) in [5, 5.41) is 8.70. The number of halogens is 1. The summed E-state index contributed by atoms with van der Waals surface area (Å²) in [5.74, 6) is -0.641. The van der Waals surface area contributed by atoms with Gasteiger partial charge in [-0.15, -0.1) is 11.6 Å². The number of alkyl halides is 1. The van der Waals surface area contributed by atoms with E-state index in [1.165, 1.54) is 7.11 Å². The van der Waals surface area contributed by atoms with Crippen molar-refractivity contribution in [3.8, 4) is 0 Å². The highest BCUT2D eigenvalue weighted by atomic mass is 35.5. The first-order valence-electron chi connectivity index (χ1n) is 3.56. The lowest BCUT2D eigenvalue weighted by Gasteiger charge is -2.12. The molecule has 0 aliphatic heterocycles. The molecule has 1 fully saturated rings. The zero-order valence-electron chi connectivity index (χ0n) is 6.29. The van der Waals surface area contributed by atoms with Crippen LogP contribution < -0.4 is 0 Å². The summed E-state index contributed by atoms with van der Waals surface area (Å²) < 4.78 is 4.52. The van der Waals surface area contributed by atoms with Crippen molar-refractivity contribution >= 4 is 17.6 Å². The number of ether oxygens (including phenoxy) is 1. The third-order valence-corrected chi connectivity index (χ3v) is 2.62. The van der Waals surface area contributed by atoms with Crippen LogP contribution in [0.3, 0.4) is 0 Å². The number of esters is 1. The minimum absolute atomic E-state index is 0.318. The second-order valence-electron chi connectivity index (χ2n) is 2.72. The molecule has 64 valence electrons. The molecular formula is C7H11ClO3. The molecule has 3 atom stereocenters. The van der Waals surface area contributed by atoms with Gasteiger partial charge >= 0.3 is 5.97 Å². The van der Waals surface area contributed by atoms with Crippen LogP contribution in [0.15, 0.2) is 0 Å². The van der Waals surface area contributed by atoms with Crippen LogP contribution in [-0.2, 0) is 9.53 Å². The first kappa shape index (κ1) is 8.81. The summed E-state index contributed by atoms with van der Waals surface area (Å²) in [6, 6.07) is 0. The lowest BCUT2D eigenvalue weighted by atomic mass is 10.1. The van der Waals surface area contributed by atoms with Crippen LogP contribution in [0.1, 0.15) is 12.8 Å². The van der Waals surface area contributed by atoms with Crippen LogP contribution in [0.2, 0.25) is 0 Å². The maximum atomic E-state index is 11.0. The minimum Gasteiger partial charge on any atom is -0.469 e. The third kappa shape index (κ3) is 1.65. The summed E-state index contributed by atoms with van der Waals surface area (Å²) in [6.45, 7) is 0. The van der Waals surface area contributed by atoms with Gasteiger partial charge in [0.05, 0.1) is 24.5 Å². The van der Waals surface area contributed by atoms with Crippen molar-refractivity contribution in [2.75, 3.05) is 7.11 Å². The van der Waals surface area contributed by atoms with Crippen molar-refractivity contribution in [3.05, 3.63) is 0 Å². The van der Waals surface area contributed by atoms with E-state index >= 15 is 0 Å². The van der Waals surface area contributed by atoms with Gasteiger partial charge in [-0.1, -0.05) is 0 Å². The van der Waals surface area contributed by atoms with Crippen molar-refractivity contribution < 1.29 is 14.6 Å². The lowest BCUT2D eigenvalue weighted by Crippen LogP contribution is -2.26. The van der Waals surface area contributed by atoms with E-state index in [4.69, 9.17) is 11.6 Å². The van der Waals surface area contributed by atoms with Gasteiger partial charge in [0.25, 0.3) is 0 Å². The highest BCUT2D eigenvalue weighted by molar-refractivity contribution is 6.22. The molecule has 0 unspecified atom stereocenters. The number of aliphatic hydroxyl groups is 1. The number of hydrogen-bond donors (Lipinski definition) is 1. The van der Waals surface area contributed by atoms with Gasteiger partial charge in [-0.2, -0.15) is 0 Å². The number of carbonyl (C=O) groups excluding carboxylic acids is 1. The maximum Gasteiger partial charge on any atom is 0.310 e. The molecular weight excluding hydrogens is 168 g/mol. The molecule has 1 aliphatic carbocycles. The molecule has 0 spiro atoms. The average Bonchev–Trinajstić information content (AvgIpc) is 2.32. The highest BCUT2D eigenvalue weighted by Crippen LogP contribution is 2.31. The van der Waals surface area contributed by atoms with Crippen molar-refractivity contribution in [2.45, 2.75) is 24.3 Å². The SMILES string of the molecule is COC(=O)[C@H]1CC[C@@H](O)[C@@H]1Cl. The summed E-state index contributed by atoms with van der Waals surface area (Å²) >= 11 is 5.75. The van der Waals surface area contributed by atoms with Crippen LogP contribution in [-0.4, -0.2) is 29.7 Å². The van der Waals surface area contributed by atoms with Crippen LogP contribution in [0.25, 0.3) is 0 Å². The lowest BCUT2D eigenvalue weighted by molar-refractivity contribution is -0.145. The van der Waals surface area contributed by atoms with Gasteiger partial charge in [0.2, 0.25) is 0 Å². The molecule has 1 rings (SSSR count). The van der Waals surface area contributed by atoms with Gasteiger partial charge in [-0.3, -0.25) is 4.79 Å². The van der Waals surface area contributed by atoms with E-state index in [1.54, 1.807) is 0 Å². The first-order chi connectivity index (χ1) is 5.16. The Labute approximate surface area is 70.3 Å². The average molecular weight is 179 g/mol. The molecule has 0 aromatic carbocycles. The van der Waals surface area contributed by atoms with E-state index < -0.39 is 11.5 Å². The molecule has 0 bridgehead atoms. The fourth-order valence-corrected chi connectivity index (χ4v) is 1.69. The molecule has 3 nitrogen and oxygen atoms in total.